The van der Waals surface area contributed by atoms with Gasteiger partial charge in [0, 0.05) is 30.8 Å². The predicted molar refractivity (Wildman–Crippen MR) is 129 cm³/mol. The third-order valence-corrected chi connectivity index (χ3v) is 5.68. The van der Waals surface area contributed by atoms with Gasteiger partial charge in [-0.05, 0) is 35.4 Å². The molecule has 0 aliphatic heterocycles. The Kier molecular flexibility index (Phi) is 6.39. The zero-order valence-corrected chi connectivity index (χ0v) is 19.0. The zero-order valence-electron chi connectivity index (χ0n) is 18.2. The molecular formula is C25H23N3O4S. The Hall–Kier alpha value is -3.75. The van der Waals surface area contributed by atoms with E-state index in [1.54, 1.807) is 13.1 Å². The van der Waals surface area contributed by atoms with Crippen LogP contribution in [0.15, 0.2) is 89.7 Å². The molecule has 8 heteroatoms. The molecule has 0 aliphatic carbocycles. The number of aromatic nitrogens is 2. The highest BCUT2D eigenvalue weighted by Crippen LogP contribution is 2.37. The second-order valence-corrected chi connectivity index (χ2v) is 9.40. The smallest absolute Gasteiger partial charge is 0.267 e. The summed E-state index contributed by atoms with van der Waals surface area (Å²) in [5, 5.41) is 4.55. The Bertz CT molecular complexity index is 1430. The van der Waals surface area contributed by atoms with Crippen LogP contribution in [0.2, 0.25) is 0 Å². The van der Waals surface area contributed by atoms with Gasteiger partial charge in [0.2, 0.25) is 10.0 Å². The van der Waals surface area contributed by atoms with Crippen LogP contribution in [0.25, 0.3) is 22.4 Å². The highest BCUT2D eigenvalue weighted by molar-refractivity contribution is 7.88. The Balaban J connectivity index is 1.76. The first kappa shape index (κ1) is 22.4. The number of para-hydroxylation sites is 2. The first-order valence-electron chi connectivity index (χ1n) is 10.2. The topological polar surface area (TPSA) is 90.3 Å². The molecule has 168 valence electrons. The number of hydrogen-bond acceptors (Lipinski definition) is 5. The summed E-state index contributed by atoms with van der Waals surface area (Å²) in [6.45, 7) is 0.189. The fraction of sp³-hybridized carbons (Fsp3) is 0.120. The molecule has 4 aromatic rings. The average molecular weight is 462 g/mol. The minimum Gasteiger partial charge on any atom is -0.457 e. The molecule has 33 heavy (non-hydrogen) atoms. The number of nitrogens with zero attached hydrogens (tertiary/aromatic N) is 2. The lowest BCUT2D eigenvalue weighted by atomic mass is 9.98. The van der Waals surface area contributed by atoms with E-state index in [0.717, 1.165) is 22.9 Å². The largest absolute Gasteiger partial charge is 0.457 e. The van der Waals surface area contributed by atoms with Crippen molar-refractivity contribution in [3.05, 3.63) is 101 Å². The molecule has 0 spiro atoms. The molecule has 0 amide bonds. The first-order valence-corrected chi connectivity index (χ1v) is 12.1. The van der Waals surface area contributed by atoms with Crippen molar-refractivity contribution < 1.29 is 13.2 Å². The molecule has 4 rings (SSSR count). The lowest BCUT2D eigenvalue weighted by Crippen LogP contribution is -2.21. The molecule has 0 aliphatic rings. The van der Waals surface area contributed by atoms with Crippen LogP contribution in [0.1, 0.15) is 5.56 Å². The van der Waals surface area contributed by atoms with E-state index >= 15 is 0 Å². The van der Waals surface area contributed by atoms with E-state index in [0.29, 0.717) is 22.8 Å². The van der Waals surface area contributed by atoms with Gasteiger partial charge in [0.25, 0.3) is 5.56 Å². The number of benzene rings is 3. The summed E-state index contributed by atoms with van der Waals surface area (Å²) in [6, 6.07) is 25.9. The van der Waals surface area contributed by atoms with Crippen LogP contribution in [-0.4, -0.2) is 24.5 Å². The van der Waals surface area contributed by atoms with E-state index in [-0.39, 0.29) is 12.1 Å². The zero-order chi connectivity index (χ0) is 23.4. The molecule has 1 heterocycles. The van der Waals surface area contributed by atoms with Crippen LogP contribution < -0.4 is 15.0 Å². The summed E-state index contributed by atoms with van der Waals surface area (Å²) >= 11 is 0. The third-order valence-electron chi connectivity index (χ3n) is 5.01. The van der Waals surface area contributed by atoms with Crippen LogP contribution in [0, 0.1) is 0 Å². The maximum atomic E-state index is 12.4. The van der Waals surface area contributed by atoms with Crippen LogP contribution in [0.4, 0.5) is 0 Å². The van der Waals surface area contributed by atoms with Gasteiger partial charge in [0.05, 0.1) is 6.26 Å². The molecule has 3 aromatic carbocycles. The van der Waals surface area contributed by atoms with Crippen molar-refractivity contribution in [2.75, 3.05) is 6.26 Å². The van der Waals surface area contributed by atoms with E-state index in [2.05, 4.69) is 9.82 Å². The number of rotatable bonds is 7. The summed E-state index contributed by atoms with van der Waals surface area (Å²) in [7, 11) is -1.68. The van der Waals surface area contributed by atoms with Gasteiger partial charge < -0.3 is 4.74 Å². The number of nitrogens with one attached hydrogen (secondary N) is 1. The Morgan fingerprint density at radius 3 is 2.27 bits per heavy atom. The molecular weight excluding hydrogens is 438 g/mol. The van der Waals surface area contributed by atoms with Crippen molar-refractivity contribution in [1.29, 1.82) is 0 Å². The maximum Gasteiger partial charge on any atom is 0.267 e. The van der Waals surface area contributed by atoms with Crippen molar-refractivity contribution in [3.8, 4) is 33.9 Å². The van der Waals surface area contributed by atoms with Crippen molar-refractivity contribution in [3.63, 3.8) is 0 Å². The van der Waals surface area contributed by atoms with Crippen molar-refractivity contribution in [1.82, 2.24) is 14.5 Å². The summed E-state index contributed by atoms with van der Waals surface area (Å²) < 4.78 is 32.6. The Morgan fingerprint density at radius 2 is 1.58 bits per heavy atom. The van der Waals surface area contributed by atoms with Crippen molar-refractivity contribution in [2.45, 2.75) is 6.54 Å². The molecule has 0 unspecified atom stereocenters. The fourth-order valence-electron chi connectivity index (χ4n) is 3.34. The van der Waals surface area contributed by atoms with Gasteiger partial charge in [0.1, 0.15) is 17.2 Å². The molecule has 1 aromatic heterocycles. The minimum absolute atomic E-state index is 0.189. The highest BCUT2D eigenvalue weighted by Gasteiger charge is 2.16. The lowest BCUT2D eigenvalue weighted by molar-refractivity contribution is 0.484. The second-order valence-electron chi connectivity index (χ2n) is 7.57. The van der Waals surface area contributed by atoms with Gasteiger partial charge in [-0.1, -0.05) is 54.6 Å². The van der Waals surface area contributed by atoms with Crippen molar-refractivity contribution in [2.24, 2.45) is 7.05 Å². The molecule has 0 fully saturated rings. The van der Waals surface area contributed by atoms with E-state index in [9.17, 15) is 13.2 Å². The summed E-state index contributed by atoms with van der Waals surface area (Å²) in [4.78, 5) is 12.4. The van der Waals surface area contributed by atoms with E-state index in [1.807, 2.05) is 78.9 Å². The minimum atomic E-state index is -3.29. The molecule has 0 saturated heterocycles. The SMILES string of the molecule is Cn1nc(-c2ccccc2Oc2ccccc2)c(-c2ccc(CNS(C)(=O)=O)cc2)cc1=O. The van der Waals surface area contributed by atoms with E-state index < -0.39 is 10.0 Å². The second kappa shape index (κ2) is 9.40. The summed E-state index contributed by atoms with van der Waals surface area (Å²) in [5.41, 5.74) is 3.35. The monoisotopic (exact) mass is 461 g/mol. The van der Waals surface area contributed by atoms with Crippen LogP contribution in [0.3, 0.4) is 0 Å². The average Bonchev–Trinajstić information content (AvgIpc) is 2.80. The summed E-state index contributed by atoms with van der Waals surface area (Å²) in [5.74, 6) is 1.31. The van der Waals surface area contributed by atoms with Crippen LogP contribution in [0.5, 0.6) is 11.5 Å². The van der Waals surface area contributed by atoms with Crippen LogP contribution >= 0.6 is 0 Å². The number of sulfonamides is 1. The van der Waals surface area contributed by atoms with Gasteiger partial charge in [0.15, 0.2) is 0 Å². The van der Waals surface area contributed by atoms with Gasteiger partial charge in [-0.15, -0.1) is 0 Å². The van der Waals surface area contributed by atoms with Crippen molar-refractivity contribution >= 4 is 10.0 Å². The molecule has 7 nitrogen and oxygen atoms in total. The molecule has 0 radical (unpaired) electrons. The van der Waals surface area contributed by atoms with E-state index in [1.165, 1.54) is 4.68 Å². The quantitative estimate of drug-likeness (QED) is 0.450. The molecule has 0 saturated carbocycles. The van der Waals surface area contributed by atoms with Crippen LogP contribution in [-0.2, 0) is 23.6 Å². The number of hydrogen-bond donors (Lipinski definition) is 1. The highest BCUT2D eigenvalue weighted by atomic mass is 32.2. The van der Waals surface area contributed by atoms with E-state index in [4.69, 9.17) is 4.74 Å². The lowest BCUT2D eigenvalue weighted by Gasteiger charge is -2.15. The maximum absolute atomic E-state index is 12.4. The summed E-state index contributed by atoms with van der Waals surface area (Å²) in [6.07, 6.45) is 1.12. The normalized spacial score (nSPS) is 11.3. The Labute approximate surface area is 192 Å². The van der Waals surface area contributed by atoms with Gasteiger partial charge in [-0.25, -0.2) is 17.8 Å². The fourth-order valence-corrected chi connectivity index (χ4v) is 3.77. The van der Waals surface area contributed by atoms with Gasteiger partial charge in [-0.3, -0.25) is 4.79 Å². The number of aryl methyl sites for hydroxylation is 1. The van der Waals surface area contributed by atoms with Gasteiger partial charge >= 0.3 is 0 Å². The molecule has 0 atom stereocenters. The van der Waals surface area contributed by atoms with Gasteiger partial charge in [-0.2, -0.15) is 5.10 Å². The standard InChI is InChI=1S/C25H23N3O4S/c1-28-24(29)16-22(19-14-12-18(13-15-19)17-26-33(2,30)31)25(27-28)21-10-6-7-11-23(21)32-20-8-4-3-5-9-20/h3-16,26H,17H2,1-2H3. The predicted octanol–water partition coefficient (Wildman–Crippen LogP) is 3.96. The molecule has 1 N–H and O–H groups in total. The third kappa shape index (κ3) is 5.54. The first-order chi connectivity index (χ1) is 15.8. The molecule has 0 bridgehead atoms. The Morgan fingerprint density at radius 1 is 0.909 bits per heavy atom. The number of ether oxygens (including phenoxy) is 1.